The molecule has 8 aromatic carbocycles. The highest BCUT2D eigenvalue weighted by molar-refractivity contribution is 6.24. The number of rotatable bonds is 4. The number of allylic oxidation sites excluding steroid dienone is 8. The summed E-state index contributed by atoms with van der Waals surface area (Å²) in [6.45, 7) is 0. The predicted octanol–water partition coefficient (Wildman–Crippen LogP) is 15.1. The molecule has 3 heteroatoms. The predicted molar refractivity (Wildman–Crippen MR) is 227 cm³/mol. The van der Waals surface area contributed by atoms with Crippen LogP contribution in [0.1, 0.15) is 29.9 Å². The van der Waals surface area contributed by atoms with Crippen molar-refractivity contribution in [3.63, 3.8) is 0 Å². The highest BCUT2D eigenvalue weighted by Crippen LogP contribution is 2.50. The van der Waals surface area contributed by atoms with Gasteiger partial charge in [0.2, 0.25) is 0 Å². The van der Waals surface area contributed by atoms with Gasteiger partial charge in [-0.1, -0.05) is 140 Å². The third kappa shape index (κ3) is 4.82. The Labute approximate surface area is 316 Å². The highest BCUT2D eigenvalue weighted by Gasteiger charge is 2.32. The summed E-state index contributed by atoms with van der Waals surface area (Å²) in [5.74, 6) is -1.49. The molecule has 11 rings (SSSR count). The van der Waals surface area contributed by atoms with Crippen molar-refractivity contribution in [1.29, 1.82) is 0 Å². The van der Waals surface area contributed by atoms with Crippen LogP contribution in [0.4, 0.5) is 8.78 Å². The van der Waals surface area contributed by atoms with E-state index in [9.17, 15) is 0 Å². The van der Waals surface area contributed by atoms with Crippen molar-refractivity contribution < 1.29 is 13.2 Å². The first-order chi connectivity index (χ1) is 27.2. The molecular weight excluding hydrogens is 679 g/mol. The molecular formula is C52H34F2O. The summed E-state index contributed by atoms with van der Waals surface area (Å²) in [5, 5.41) is 10.5. The smallest absolute Gasteiger partial charge is 0.136 e. The van der Waals surface area contributed by atoms with E-state index in [2.05, 4.69) is 103 Å². The van der Waals surface area contributed by atoms with Gasteiger partial charge in [0.05, 0.1) is 5.92 Å². The van der Waals surface area contributed by atoms with Crippen LogP contribution in [0.3, 0.4) is 0 Å². The van der Waals surface area contributed by atoms with Gasteiger partial charge in [-0.15, -0.1) is 0 Å². The first kappa shape index (κ1) is 31.9. The number of benzene rings is 8. The molecule has 2 aliphatic carbocycles. The first-order valence-electron chi connectivity index (χ1n) is 19.0. The third-order valence-electron chi connectivity index (χ3n) is 11.7. The summed E-state index contributed by atoms with van der Waals surface area (Å²) < 4.78 is 38.0. The molecule has 2 aliphatic rings. The molecule has 0 saturated heterocycles. The van der Waals surface area contributed by atoms with E-state index in [1.54, 1.807) is 0 Å². The summed E-state index contributed by atoms with van der Waals surface area (Å²) in [4.78, 5) is 0. The largest absolute Gasteiger partial charge is 0.456 e. The lowest BCUT2D eigenvalue weighted by atomic mass is 9.80. The normalized spacial score (nSPS) is 17.2. The van der Waals surface area contributed by atoms with Gasteiger partial charge in [0.1, 0.15) is 23.2 Å². The second-order valence-electron chi connectivity index (χ2n) is 14.7. The number of hydrogen-bond acceptors (Lipinski definition) is 1. The average molecular weight is 713 g/mol. The Morgan fingerprint density at radius 3 is 1.75 bits per heavy atom. The molecule has 1 nitrogen and oxygen atoms in total. The van der Waals surface area contributed by atoms with Crippen molar-refractivity contribution in [2.45, 2.75) is 24.9 Å². The molecule has 1 heterocycles. The van der Waals surface area contributed by atoms with Crippen LogP contribution in [0.5, 0.6) is 0 Å². The molecule has 0 fully saturated rings. The van der Waals surface area contributed by atoms with Gasteiger partial charge in [0, 0.05) is 10.8 Å². The molecule has 2 atom stereocenters. The zero-order valence-corrected chi connectivity index (χ0v) is 29.9. The van der Waals surface area contributed by atoms with E-state index in [0.717, 1.165) is 73.0 Å². The van der Waals surface area contributed by atoms with Gasteiger partial charge < -0.3 is 4.42 Å². The van der Waals surface area contributed by atoms with Crippen LogP contribution in [0.2, 0.25) is 0 Å². The second kappa shape index (κ2) is 12.5. The lowest BCUT2D eigenvalue weighted by molar-refractivity contribution is 0.333. The molecule has 0 aliphatic heterocycles. The van der Waals surface area contributed by atoms with E-state index in [1.807, 2.05) is 48.5 Å². The second-order valence-corrected chi connectivity index (χ2v) is 14.7. The maximum atomic E-state index is 15.7. The van der Waals surface area contributed by atoms with Gasteiger partial charge in [0.15, 0.2) is 0 Å². The van der Waals surface area contributed by atoms with Crippen molar-refractivity contribution in [2.24, 2.45) is 0 Å². The fraction of sp³-hybridized carbons (Fsp3) is 0.0769. The molecule has 0 spiro atoms. The van der Waals surface area contributed by atoms with Crippen molar-refractivity contribution in [3.05, 3.63) is 187 Å². The van der Waals surface area contributed by atoms with E-state index in [0.29, 0.717) is 5.56 Å². The van der Waals surface area contributed by atoms with Crippen molar-refractivity contribution in [1.82, 2.24) is 0 Å². The average Bonchev–Trinajstić information content (AvgIpc) is 3.61. The summed E-state index contributed by atoms with van der Waals surface area (Å²) in [5.41, 5.74) is 9.18. The molecule has 9 aromatic rings. The van der Waals surface area contributed by atoms with E-state index < -0.39 is 17.9 Å². The number of halogens is 2. The van der Waals surface area contributed by atoms with Crippen molar-refractivity contribution in [2.75, 3.05) is 0 Å². The number of fused-ring (bicyclic) bond motifs is 7. The fourth-order valence-corrected chi connectivity index (χ4v) is 9.44. The van der Waals surface area contributed by atoms with E-state index in [1.165, 1.54) is 56.5 Å². The highest BCUT2D eigenvalue weighted by atomic mass is 19.1. The number of furan rings is 1. The molecule has 0 radical (unpaired) electrons. The van der Waals surface area contributed by atoms with Gasteiger partial charge >= 0.3 is 0 Å². The lowest BCUT2D eigenvalue weighted by Gasteiger charge is -2.25. The van der Waals surface area contributed by atoms with Gasteiger partial charge in [-0.25, -0.2) is 8.78 Å². The Bertz CT molecular complexity index is 3080. The van der Waals surface area contributed by atoms with Crippen LogP contribution in [-0.2, 0) is 0 Å². The Morgan fingerprint density at radius 1 is 0.545 bits per heavy atom. The first-order valence-corrected chi connectivity index (χ1v) is 19.0. The summed E-state index contributed by atoms with van der Waals surface area (Å²) in [6, 6.07) is 46.5. The van der Waals surface area contributed by atoms with E-state index in [4.69, 9.17) is 4.42 Å². The molecule has 0 amide bonds. The third-order valence-corrected chi connectivity index (χ3v) is 11.7. The zero-order valence-electron chi connectivity index (χ0n) is 29.9. The summed E-state index contributed by atoms with van der Waals surface area (Å²) in [6.07, 6.45) is 11.9. The van der Waals surface area contributed by atoms with Gasteiger partial charge in [-0.3, -0.25) is 0 Å². The maximum absolute atomic E-state index is 15.7. The molecule has 55 heavy (non-hydrogen) atoms. The van der Waals surface area contributed by atoms with Crippen molar-refractivity contribution in [3.8, 4) is 22.3 Å². The zero-order chi connectivity index (χ0) is 36.6. The molecule has 2 unspecified atom stereocenters. The molecule has 1 aromatic heterocycles. The summed E-state index contributed by atoms with van der Waals surface area (Å²) in [7, 11) is 0. The summed E-state index contributed by atoms with van der Waals surface area (Å²) >= 11 is 0. The Balaban J connectivity index is 1.21. The molecule has 0 saturated carbocycles. The minimum atomic E-state index is -1.47. The Kier molecular flexibility index (Phi) is 7.25. The van der Waals surface area contributed by atoms with Gasteiger partial charge in [0.25, 0.3) is 0 Å². The van der Waals surface area contributed by atoms with Crippen LogP contribution in [0.15, 0.2) is 180 Å². The monoisotopic (exact) mass is 712 g/mol. The van der Waals surface area contributed by atoms with Crippen LogP contribution < -0.4 is 0 Å². The molecule has 0 bridgehead atoms. The Morgan fingerprint density at radius 2 is 1.15 bits per heavy atom. The van der Waals surface area contributed by atoms with E-state index >= 15 is 8.78 Å². The van der Waals surface area contributed by atoms with Gasteiger partial charge in [-0.05, 0) is 125 Å². The van der Waals surface area contributed by atoms with E-state index in [-0.39, 0.29) is 0 Å². The fourth-order valence-electron chi connectivity index (χ4n) is 9.44. The van der Waals surface area contributed by atoms with Crippen molar-refractivity contribution >= 4 is 70.6 Å². The van der Waals surface area contributed by atoms with Crippen LogP contribution >= 0.6 is 0 Å². The number of alkyl halides is 1. The van der Waals surface area contributed by atoms with Crippen LogP contribution in [0, 0.1) is 0 Å². The maximum Gasteiger partial charge on any atom is 0.136 e. The number of hydrogen-bond donors (Lipinski definition) is 0. The lowest BCUT2D eigenvalue weighted by Crippen LogP contribution is -2.16. The van der Waals surface area contributed by atoms with Crippen LogP contribution in [-0.4, -0.2) is 6.17 Å². The Hall–Kier alpha value is -6.58. The standard InChI is InChI=1S/C52H34F2O/c53-43-25-13-26-44(54)52(43)51-39-22-10-8-20-37(39)49(38-21-9-11-23-40(38)51)41-24-12-27-46-50(41)42-30-32(28-29-45(42)55-46)48-35-18-6-4-16-33(35)47(31-14-2-1-3-15-31)34-17-5-7-19-36(34)48/h2,4-30,43,52H,1,3H2. The minimum Gasteiger partial charge on any atom is -0.456 e. The van der Waals surface area contributed by atoms with Crippen LogP contribution in [0.25, 0.3) is 92.9 Å². The molecule has 0 N–H and O–H groups in total. The quantitative estimate of drug-likeness (QED) is 0.166. The SMILES string of the molecule is FC1=CC=CC(F)C1c1c2ccccc2c(-c2cccc3oc4ccc(-c5c6ccccc6c(C6=CCCC=C6)c6ccccc56)cc4c23)c2ccccc12. The topological polar surface area (TPSA) is 13.1 Å². The van der Waals surface area contributed by atoms with Gasteiger partial charge in [-0.2, -0.15) is 0 Å². The molecule has 262 valence electrons. The minimum absolute atomic E-state index is 0.464.